The molecular formula is C89H120O21. The lowest BCUT2D eigenvalue weighted by Crippen LogP contribution is -2.16. The molecule has 0 N–H and O–H groups in total. The van der Waals surface area contributed by atoms with E-state index < -0.39 is 42.0 Å². The first-order valence-electron chi connectivity index (χ1n) is 31.8. The summed E-state index contributed by atoms with van der Waals surface area (Å²) >= 11 is 0. The fourth-order valence-corrected chi connectivity index (χ4v) is 9.28. The number of esters is 8. The Labute approximate surface area is 654 Å². The molecule has 110 heavy (non-hydrogen) atoms. The maximum absolute atomic E-state index is 12.9. The van der Waals surface area contributed by atoms with Crippen LogP contribution in [0.15, 0.2) is 188 Å². The van der Waals surface area contributed by atoms with Gasteiger partial charge in [0.2, 0.25) is 13.6 Å². The van der Waals surface area contributed by atoms with Gasteiger partial charge in [-0.1, -0.05) is 171 Å². The summed E-state index contributed by atoms with van der Waals surface area (Å²) in [5, 5.41) is 0. The van der Waals surface area contributed by atoms with E-state index in [0.717, 1.165) is 33.4 Å². The minimum Gasteiger partial charge on any atom is -0.465 e. The summed E-state index contributed by atoms with van der Waals surface area (Å²) in [4.78, 5) is 102. The standard InChI is InChI=1S/C29H28O5.C21H22O4.C14H16O5.C14H16O4.C3H6O3.8CH4/c1-17(2)27(30)33-16-32-20-8-11-22(19(4)14-20)28(31)34-21-9-12-24-23-10-7-18(3)13-25(23)29(5,6)26(24)15-21;1-14(2)20(22)24-12-11-17-6-8-18(9-7-17)21(23)25-19-10-5-15(3)13-16(19)4;1-9(2)13(15)19-8-18-11-5-6-12(10(3)7-11)14(16)17-4;1-10(2)13(15)18-9-8-11-4-6-12(7-5-11)14(16)17-3;1-5-3(4)6-2;;;;;;;;/h7-15H,1,16H2,2-6H3;5-10,13H,1,11-12H2,2-4H3;5-7H,1,8H2,2-4H3;4-7H,1,8-9H2,2-3H3;1-2H3;8*1H4. The first kappa shape index (κ1) is 107. The average Bonchev–Trinajstić information content (AvgIpc) is 1.58. The minimum atomic E-state index is -0.657. The Morgan fingerprint density at radius 3 is 1.10 bits per heavy atom. The molecule has 602 valence electrons. The number of ether oxygens (including phenoxy) is 12. The van der Waals surface area contributed by atoms with E-state index in [1.165, 1.54) is 50.7 Å². The largest absolute Gasteiger partial charge is 0.507 e. The SMILES string of the molecule is C.C.C.C.C.C.C.C.C=C(C)C(=O)OCCc1ccc(C(=O)OC)cc1.C=C(C)C(=O)OCCc1ccc(C(=O)Oc2ccc(C)cc2C)cc1.C=C(C)C(=O)OCOc1ccc(C(=O)OC)c(C)c1.C=C(C)C(=O)OCOc1ccc(C(=O)Oc2ccc3c(c2)C(C)(C)c2cc(C)ccc2-3)c(C)c1.COC(=O)OC. The Balaban J connectivity index is -0.000000436. The smallest absolute Gasteiger partial charge is 0.465 e. The number of fused-ring (bicyclic) bond motifs is 3. The minimum absolute atomic E-state index is 0. The molecule has 0 atom stereocenters. The van der Waals surface area contributed by atoms with Crippen molar-refractivity contribution < 1.29 is 100.0 Å². The number of aryl methyl sites for hydroxylation is 5. The number of carbonyl (C=O) groups is 9. The number of benzene rings is 7. The summed E-state index contributed by atoms with van der Waals surface area (Å²) in [7, 11) is 5.17. The lowest BCUT2D eigenvalue weighted by atomic mass is 9.82. The molecule has 0 radical (unpaired) electrons. The van der Waals surface area contributed by atoms with Crippen molar-refractivity contribution in [2.45, 2.75) is 154 Å². The molecule has 7 aromatic carbocycles. The van der Waals surface area contributed by atoms with E-state index in [-0.39, 0.29) is 97.0 Å². The Morgan fingerprint density at radius 2 is 0.718 bits per heavy atom. The molecule has 0 aliphatic heterocycles. The van der Waals surface area contributed by atoms with Gasteiger partial charge in [0.05, 0.1) is 63.9 Å². The molecule has 0 fully saturated rings. The summed E-state index contributed by atoms with van der Waals surface area (Å²) in [5.41, 5.74) is 14.5. The van der Waals surface area contributed by atoms with Crippen molar-refractivity contribution in [3.8, 4) is 34.1 Å². The van der Waals surface area contributed by atoms with Crippen LogP contribution >= 0.6 is 0 Å². The van der Waals surface area contributed by atoms with Crippen molar-refractivity contribution in [2.24, 2.45) is 0 Å². The molecule has 0 unspecified atom stereocenters. The number of methoxy groups -OCH3 is 4. The summed E-state index contributed by atoms with van der Waals surface area (Å²) in [6, 6.07) is 41.9. The van der Waals surface area contributed by atoms with Gasteiger partial charge in [-0.3, -0.25) is 0 Å². The van der Waals surface area contributed by atoms with Gasteiger partial charge in [0.15, 0.2) is 0 Å². The first-order valence-corrected chi connectivity index (χ1v) is 31.8. The summed E-state index contributed by atoms with van der Waals surface area (Å²) in [5.74, 6) is -1.37. The zero-order valence-corrected chi connectivity index (χ0v) is 60.4. The molecule has 1 aliphatic carbocycles. The Hall–Kier alpha value is -11.9. The van der Waals surface area contributed by atoms with Gasteiger partial charge in [0.25, 0.3) is 0 Å². The van der Waals surface area contributed by atoms with Gasteiger partial charge in [0.1, 0.15) is 23.0 Å². The van der Waals surface area contributed by atoms with Crippen LogP contribution in [0.3, 0.4) is 0 Å². The molecule has 0 spiro atoms. The van der Waals surface area contributed by atoms with E-state index in [9.17, 15) is 43.2 Å². The molecule has 1 aliphatic rings. The van der Waals surface area contributed by atoms with E-state index in [0.29, 0.717) is 92.6 Å². The van der Waals surface area contributed by atoms with Crippen LogP contribution in [0.4, 0.5) is 4.79 Å². The fourth-order valence-electron chi connectivity index (χ4n) is 9.28. The highest BCUT2D eigenvalue weighted by Crippen LogP contribution is 2.50. The van der Waals surface area contributed by atoms with Gasteiger partial charge in [-0.2, -0.15) is 0 Å². The third-order valence-corrected chi connectivity index (χ3v) is 14.9. The third kappa shape index (κ3) is 33.5. The average molecular weight is 1530 g/mol. The van der Waals surface area contributed by atoms with Crippen LogP contribution in [0, 0.1) is 34.6 Å². The van der Waals surface area contributed by atoms with Crippen molar-refractivity contribution in [3.63, 3.8) is 0 Å². The second kappa shape index (κ2) is 52.2. The maximum Gasteiger partial charge on any atom is 0.507 e. The molecule has 0 saturated heterocycles. The third-order valence-electron chi connectivity index (χ3n) is 14.9. The zero-order chi connectivity index (χ0) is 76.0. The molecule has 8 rings (SSSR count). The van der Waals surface area contributed by atoms with E-state index in [1.807, 2.05) is 56.3 Å². The van der Waals surface area contributed by atoms with Crippen LogP contribution in [-0.2, 0) is 75.3 Å². The number of hydrogen-bond donors (Lipinski definition) is 0. The first-order chi connectivity index (χ1) is 48.2. The van der Waals surface area contributed by atoms with Crippen LogP contribution in [0.2, 0.25) is 0 Å². The molecular weight excluding hydrogens is 1400 g/mol. The summed E-state index contributed by atoms with van der Waals surface area (Å²) < 4.78 is 58.9. The normalized spacial score (nSPS) is 9.95. The predicted molar refractivity (Wildman–Crippen MR) is 438 cm³/mol. The molecule has 0 heterocycles. The van der Waals surface area contributed by atoms with Crippen LogP contribution in [0.5, 0.6) is 23.0 Å². The highest BCUT2D eigenvalue weighted by molar-refractivity contribution is 5.94. The van der Waals surface area contributed by atoms with Gasteiger partial charge >= 0.3 is 53.9 Å². The highest BCUT2D eigenvalue weighted by atomic mass is 16.7. The number of hydrogen-bond acceptors (Lipinski definition) is 21. The lowest BCUT2D eigenvalue weighted by Gasteiger charge is -2.22. The molecule has 0 bridgehead atoms. The van der Waals surface area contributed by atoms with Crippen LogP contribution < -0.4 is 18.9 Å². The quantitative estimate of drug-likeness (QED) is 0.0201. The lowest BCUT2D eigenvalue weighted by molar-refractivity contribution is -0.146. The fraction of sp³-hybridized carbons (Fsp3) is 0.337. The van der Waals surface area contributed by atoms with Crippen LogP contribution in [-0.4, -0.2) is 109 Å². The topological polar surface area (TPSA) is 264 Å². The summed E-state index contributed by atoms with van der Waals surface area (Å²) in [6.45, 7) is 34.4. The highest BCUT2D eigenvalue weighted by Gasteiger charge is 2.36. The Morgan fingerprint density at radius 1 is 0.355 bits per heavy atom. The van der Waals surface area contributed by atoms with Gasteiger partial charge in [-0.15, -0.1) is 0 Å². The van der Waals surface area contributed by atoms with Crippen LogP contribution in [0.25, 0.3) is 11.1 Å². The van der Waals surface area contributed by atoms with E-state index >= 15 is 0 Å². The van der Waals surface area contributed by atoms with Gasteiger partial charge in [-0.05, 0) is 191 Å². The number of carbonyl (C=O) groups excluding carboxylic acids is 9. The molecule has 21 nitrogen and oxygen atoms in total. The molecule has 21 heteroatoms. The van der Waals surface area contributed by atoms with Crippen LogP contribution in [0.1, 0.15) is 192 Å². The van der Waals surface area contributed by atoms with E-state index in [4.69, 9.17) is 37.9 Å². The molecule has 7 aromatic rings. The van der Waals surface area contributed by atoms with Gasteiger partial charge in [0, 0.05) is 40.5 Å². The zero-order valence-electron chi connectivity index (χ0n) is 60.4. The van der Waals surface area contributed by atoms with Crippen molar-refractivity contribution in [2.75, 3.05) is 55.2 Å². The van der Waals surface area contributed by atoms with Crippen molar-refractivity contribution in [3.05, 3.63) is 260 Å². The van der Waals surface area contributed by atoms with E-state index in [1.54, 1.807) is 120 Å². The van der Waals surface area contributed by atoms with E-state index in [2.05, 4.69) is 84.2 Å². The predicted octanol–water partition coefficient (Wildman–Crippen LogP) is 20.3. The monoisotopic (exact) mass is 1520 g/mol. The second-order valence-electron chi connectivity index (χ2n) is 23.7. The Bertz CT molecular complexity index is 4210. The van der Waals surface area contributed by atoms with Gasteiger partial charge in [-0.25, -0.2) is 43.2 Å². The van der Waals surface area contributed by atoms with Crippen molar-refractivity contribution in [1.82, 2.24) is 0 Å². The Kier molecular flexibility index (Phi) is 50.7. The maximum atomic E-state index is 12.9. The van der Waals surface area contributed by atoms with Crippen molar-refractivity contribution >= 4 is 53.9 Å². The molecule has 0 saturated carbocycles. The second-order valence-corrected chi connectivity index (χ2v) is 23.7. The molecule has 0 amide bonds. The number of rotatable bonds is 22. The van der Waals surface area contributed by atoms with Gasteiger partial charge < -0.3 is 56.8 Å². The molecule has 0 aromatic heterocycles. The summed E-state index contributed by atoms with van der Waals surface area (Å²) in [6.07, 6.45) is 0.515. The van der Waals surface area contributed by atoms with Crippen molar-refractivity contribution in [1.29, 1.82) is 0 Å².